The lowest BCUT2D eigenvalue weighted by Gasteiger charge is -2.10. The van der Waals surface area contributed by atoms with Crippen molar-refractivity contribution in [1.29, 1.82) is 0 Å². The van der Waals surface area contributed by atoms with Crippen LogP contribution >= 0.6 is 0 Å². The van der Waals surface area contributed by atoms with Gasteiger partial charge in [0.25, 0.3) is 15.9 Å². The number of hydrogen-bond acceptors (Lipinski definition) is 5. The molecule has 0 unspecified atom stereocenters. The largest absolute Gasteiger partial charge is 0.493 e. The van der Waals surface area contributed by atoms with Crippen molar-refractivity contribution in [2.24, 2.45) is 0 Å². The van der Waals surface area contributed by atoms with Crippen LogP contribution in [-0.4, -0.2) is 28.5 Å². The average molecular weight is 383 g/mol. The summed E-state index contributed by atoms with van der Waals surface area (Å²) in [4.78, 5) is 11.1. The lowest BCUT2D eigenvalue weighted by atomic mass is 10.1. The summed E-state index contributed by atoms with van der Waals surface area (Å²) in [6.07, 6.45) is 2.25. The van der Waals surface area contributed by atoms with Crippen LogP contribution in [0, 0.1) is 11.6 Å². The second kappa shape index (κ2) is 7.96. The smallest absolute Gasteiger partial charge is 0.267 e. The molecule has 0 aliphatic rings. The number of nitrogens with one attached hydrogen (secondary N) is 1. The Bertz CT molecular complexity index is 958. The third-order valence-corrected chi connectivity index (χ3v) is 4.65. The van der Waals surface area contributed by atoms with Crippen molar-refractivity contribution in [3.8, 4) is 11.5 Å². The number of carbonyl (C=O) groups is 1. The number of sulfonamides is 1. The Balaban J connectivity index is 2.22. The Morgan fingerprint density at radius 1 is 1.12 bits per heavy atom. The molecule has 0 bridgehead atoms. The van der Waals surface area contributed by atoms with Crippen LogP contribution in [-0.2, 0) is 14.8 Å². The number of carbonyl (C=O) groups excluding carboxylic acids is 1. The number of rotatable bonds is 6. The Kier molecular flexibility index (Phi) is 5.93. The number of halogens is 2. The van der Waals surface area contributed by atoms with E-state index in [1.165, 1.54) is 20.3 Å². The minimum Gasteiger partial charge on any atom is -0.493 e. The van der Waals surface area contributed by atoms with E-state index in [9.17, 15) is 22.0 Å². The minimum atomic E-state index is -4.49. The number of hydrogen-bond donors (Lipinski definition) is 1. The summed E-state index contributed by atoms with van der Waals surface area (Å²) in [7, 11) is -1.63. The molecule has 0 fully saturated rings. The highest BCUT2D eigenvalue weighted by Gasteiger charge is 2.21. The zero-order chi connectivity index (χ0) is 19.3. The van der Waals surface area contributed by atoms with Gasteiger partial charge >= 0.3 is 0 Å². The predicted molar refractivity (Wildman–Crippen MR) is 90.3 cm³/mol. The molecule has 2 aromatic rings. The molecule has 1 amide bonds. The topological polar surface area (TPSA) is 81.7 Å². The van der Waals surface area contributed by atoms with Gasteiger partial charge in [0.15, 0.2) is 11.5 Å². The molecule has 0 heterocycles. The molecule has 0 saturated carbocycles. The Morgan fingerprint density at radius 3 is 2.46 bits per heavy atom. The van der Waals surface area contributed by atoms with Crippen LogP contribution in [0.25, 0.3) is 6.08 Å². The molecule has 0 radical (unpaired) electrons. The Hall–Kier alpha value is -2.94. The first-order valence-corrected chi connectivity index (χ1v) is 8.67. The molecule has 0 atom stereocenters. The van der Waals surface area contributed by atoms with Gasteiger partial charge in [-0.3, -0.25) is 4.79 Å². The Morgan fingerprint density at radius 2 is 1.85 bits per heavy atom. The fourth-order valence-electron chi connectivity index (χ4n) is 2.12. The van der Waals surface area contributed by atoms with Crippen molar-refractivity contribution in [1.82, 2.24) is 4.72 Å². The summed E-state index contributed by atoms with van der Waals surface area (Å²) < 4.78 is 62.6. The molecule has 0 saturated heterocycles. The molecule has 0 aliphatic carbocycles. The van der Waals surface area contributed by atoms with Crippen molar-refractivity contribution in [2.45, 2.75) is 4.90 Å². The van der Waals surface area contributed by atoms with Crippen LogP contribution in [0.15, 0.2) is 47.4 Å². The molecule has 9 heteroatoms. The first-order chi connectivity index (χ1) is 12.3. The summed E-state index contributed by atoms with van der Waals surface area (Å²) in [6.45, 7) is 0. The van der Waals surface area contributed by atoms with Gasteiger partial charge in [-0.15, -0.1) is 0 Å². The zero-order valence-corrected chi connectivity index (χ0v) is 14.6. The number of para-hydroxylation sites is 1. The second-order valence-corrected chi connectivity index (χ2v) is 6.61. The van der Waals surface area contributed by atoms with Gasteiger partial charge in [-0.25, -0.2) is 21.9 Å². The maximum atomic E-state index is 13.6. The molecule has 138 valence electrons. The van der Waals surface area contributed by atoms with E-state index in [4.69, 9.17) is 9.47 Å². The van der Waals surface area contributed by atoms with Crippen LogP contribution in [0.4, 0.5) is 8.78 Å². The van der Waals surface area contributed by atoms with E-state index in [0.29, 0.717) is 23.1 Å². The highest BCUT2D eigenvalue weighted by Crippen LogP contribution is 2.31. The van der Waals surface area contributed by atoms with E-state index < -0.39 is 32.5 Å². The van der Waals surface area contributed by atoms with E-state index in [2.05, 4.69) is 0 Å². The van der Waals surface area contributed by atoms with Gasteiger partial charge in [0.05, 0.1) is 14.2 Å². The molecular weight excluding hydrogens is 368 g/mol. The minimum absolute atomic E-state index is 0.353. The second-order valence-electron chi connectivity index (χ2n) is 4.96. The molecule has 2 rings (SSSR count). The number of amides is 1. The molecule has 26 heavy (non-hydrogen) atoms. The average Bonchev–Trinajstić information content (AvgIpc) is 2.58. The predicted octanol–water partition coefficient (Wildman–Crippen LogP) is 2.50. The summed E-state index contributed by atoms with van der Waals surface area (Å²) in [5.74, 6) is -2.47. The summed E-state index contributed by atoms with van der Waals surface area (Å²) in [6, 6.07) is 6.85. The van der Waals surface area contributed by atoms with Crippen LogP contribution in [0.5, 0.6) is 11.5 Å². The molecule has 6 nitrogen and oxygen atoms in total. The fourth-order valence-corrected chi connectivity index (χ4v) is 3.13. The third-order valence-electron chi connectivity index (χ3n) is 3.27. The van der Waals surface area contributed by atoms with Crippen LogP contribution in [0.1, 0.15) is 5.56 Å². The Labute approximate surface area is 149 Å². The normalized spacial score (nSPS) is 11.4. The van der Waals surface area contributed by atoms with E-state index >= 15 is 0 Å². The first kappa shape index (κ1) is 19.4. The maximum absolute atomic E-state index is 13.6. The molecule has 1 N–H and O–H groups in total. The highest BCUT2D eigenvalue weighted by atomic mass is 32.2. The van der Waals surface area contributed by atoms with Gasteiger partial charge in [-0.05, 0) is 24.3 Å². The number of methoxy groups -OCH3 is 2. The molecule has 0 spiro atoms. The fraction of sp³-hybridized carbons (Fsp3) is 0.118. The monoisotopic (exact) mass is 383 g/mol. The van der Waals surface area contributed by atoms with Crippen LogP contribution in [0.3, 0.4) is 0 Å². The van der Waals surface area contributed by atoms with E-state index in [1.54, 1.807) is 22.9 Å². The van der Waals surface area contributed by atoms with Gasteiger partial charge in [-0.1, -0.05) is 12.1 Å². The van der Waals surface area contributed by atoms with Crippen molar-refractivity contribution in [2.75, 3.05) is 14.2 Å². The van der Waals surface area contributed by atoms with Gasteiger partial charge in [-0.2, -0.15) is 0 Å². The van der Waals surface area contributed by atoms with Gasteiger partial charge in [0, 0.05) is 17.7 Å². The third kappa shape index (κ3) is 4.37. The summed E-state index contributed by atoms with van der Waals surface area (Å²) in [5.41, 5.74) is 0.465. The molecular formula is C17H15F2NO5S. The summed E-state index contributed by atoms with van der Waals surface area (Å²) >= 11 is 0. The number of benzene rings is 2. The lowest BCUT2D eigenvalue weighted by molar-refractivity contribution is -0.114. The van der Waals surface area contributed by atoms with Crippen molar-refractivity contribution < 1.29 is 31.5 Å². The van der Waals surface area contributed by atoms with Crippen molar-refractivity contribution in [3.05, 3.63) is 59.7 Å². The van der Waals surface area contributed by atoms with Gasteiger partial charge in [0.2, 0.25) is 0 Å². The van der Waals surface area contributed by atoms with Crippen LogP contribution in [0.2, 0.25) is 0 Å². The van der Waals surface area contributed by atoms with E-state index in [0.717, 1.165) is 18.2 Å². The zero-order valence-electron chi connectivity index (χ0n) is 13.8. The first-order valence-electron chi connectivity index (χ1n) is 7.19. The molecule has 2 aromatic carbocycles. The standard InChI is InChI=1S/C17H15F2NO5S/c1-24-14-5-3-4-11(17(14)25-2)6-9-16(21)20-26(22,23)15-8-7-12(18)10-13(15)19/h3-10H,1-2H3,(H,20,21)/b9-6-. The van der Waals surface area contributed by atoms with Gasteiger partial charge in [0.1, 0.15) is 16.5 Å². The van der Waals surface area contributed by atoms with E-state index in [-0.39, 0.29) is 0 Å². The number of ether oxygens (including phenoxy) is 2. The lowest BCUT2D eigenvalue weighted by Crippen LogP contribution is -2.29. The highest BCUT2D eigenvalue weighted by molar-refractivity contribution is 7.90. The maximum Gasteiger partial charge on any atom is 0.267 e. The van der Waals surface area contributed by atoms with Crippen LogP contribution < -0.4 is 14.2 Å². The van der Waals surface area contributed by atoms with E-state index in [1.807, 2.05) is 0 Å². The molecule has 0 aromatic heterocycles. The van der Waals surface area contributed by atoms with Crippen molar-refractivity contribution >= 4 is 22.0 Å². The molecule has 0 aliphatic heterocycles. The quantitative estimate of drug-likeness (QED) is 0.775. The van der Waals surface area contributed by atoms with Gasteiger partial charge < -0.3 is 9.47 Å². The van der Waals surface area contributed by atoms with Crippen molar-refractivity contribution in [3.63, 3.8) is 0 Å². The SMILES string of the molecule is COc1cccc(/C=C\C(=O)NS(=O)(=O)c2ccc(F)cc2F)c1OC. The summed E-state index contributed by atoms with van der Waals surface area (Å²) in [5, 5.41) is 0.